The van der Waals surface area contributed by atoms with Gasteiger partial charge in [0.25, 0.3) is 5.91 Å². The fourth-order valence-corrected chi connectivity index (χ4v) is 3.30. The minimum Gasteiger partial charge on any atom is -0.395 e. The number of nitrogens with two attached hydrogens (primary N) is 1. The standard InChI is InChI=1S/C18H18F4N4OS/c1-9-16(26(9)28-2)17(27)24-11-5-6-13(12(19)7-11)25-14(10-3-4-10)8-15(23)18(20,21)22/h5-8,10H,3-4,23H2,1-2H3,(H,24,27). The van der Waals surface area contributed by atoms with Crippen LogP contribution < -0.4 is 11.1 Å². The first-order chi connectivity index (χ1) is 13.1. The van der Waals surface area contributed by atoms with Gasteiger partial charge in [0.1, 0.15) is 11.4 Å². The minimum absolute atomic E-state index is 0.0971. The molecule has 1 aliphatic heterocycles. The molecule has 0 saturated heterocycles. The van der Waals surface area contributed by atoms with E-state index in [2.05, 4.69) is 10.3 Å². The van der Waals surface area contributed by atoms with E-state index in [1.807, 2.05) is 6.26 Å². The monoisotopic (exact) mass is 414 g/mol. The van der Waals surface area contributed by atoms with Gasteiger partial charge in [-0.2, -0.15) is 13.2 Å². The molecule has 0 unspecified atom stereocenters. The molecule has 5 nitrogen and oxygen atoms in total. The first-order valence-electron chi connectivity index (χ1n) is 8.40. The van der Waals surface area contributed by atoms with Gasteiger partial charge < -0.3 is 11.1 Å². The number of amides is 1. The van der Waals surface area contributed by atoms with Crippen LogP contribution in [0.5, 0.6) is 0 Å². The molecule has 0 aromatic heterocycles. The summed E-state index contributed by atoms with van der Waals surface area (Å²) in [5.74, 6) is -1.28. The summed E-state index contributed by atoms with van der Waals surface area (Å²) in [6.45, 7) is 1.80. The van der Waals surface area contributed by atoms with Crippen molar-refractivity contribution in [3.05, 3.63) is 47.2 Å². The molecule has 0 spiro atoms. The largest absolute Gasteiger partial charge is 0.430 e. The number of halogens is 4. The highest BCUT2D eigenvalue weighted by molar-refractivity contribution is 7.96. The van der Waals surface area contributed by atoms with E-state index in [1.165, 1.54) is 24.1 Å². The summed E-state index contributed by atoms with van der Waals surface area (Å²) >= 11 is 1.38. The minimum atomic E-state index is -4.66. The Morgan fingerprint density at radius 1 is 1.39 bits per heavy atom. The fraction of sp³-hybridized carbons (Fsp3) is 0.333. The van der Waals surface area contributed by atoms with Crippen LogP contribution in [0.4, 0.5) is 28.9 Å². The maximum absolute atomic E-state index is 14.4. The first kappa shape index (κ1) is 20.2. The number of carbonyl (C=O) groups is 1. The van der Waals surface area contributed by atoms with Crippen LogP contribution in [0.3, 0.4) is 0 Å². The van der Waals surface area contributed by atoms with Crippen LogP contribution >= 0.6 is 11.9 Å². The molecular weight excluding hydrogens is 396 g/mol. The number of carbonyl (C=O) groups excluding carboxylic acids is 1. The molecule has 1 aliphatic carbocycles. The van der Waals surface area contributed by atoms with Gasteiger partial charge in [-0.15, -0.1) is 0 Å². The van der Waals surface area contributed by atoms with Crippen molar-refractivity contribution in [3.63, 3.8) is 0 Å². The van der Waals surface area contributed by atoms with Gasteiger partial charge >= 0.3 is 6.18 Å². The highest BCUT2D eigenvalue weighted by Gasteiger charge is 2.36. The topological polar surface area (TPSA) is 70.5 Å². The third kappa shape index (κ3) is 4.49. The third-order valence-electron chi connectivity index (χ3n) is 4.28. The quantitative estimate of drug-likeness (QED) is 0.409. The van der Waals surface area contributed by atoms with E-state index in [0.717, 1.165) is 17.8 Å². The van der Waals surface area contributed by atoms with E-state index in [-0.39, 0.29) is 28.9 Å². The zero-order valence-electron chi connectivity index (χ0n) is 15.1. The van der Waals surface area contributed by atoms with Crippen molar-refractivity contribution in [2.75, 3.05) is 11.6 Å². The molecule has 0 atom stereocenters. The van der Waals surface area contributed by atoms with Crippen LogP contribution in [-0.4, -0.2) is 28.4 Å². The molecule has 2 aliphatic rings. The Hall–Kier alpha value is -2.49. The van der Waals surface area contributed by atoms with E-state index in [4.69, 9.17) is 5.73 Å². The second-order valence-corrected chi connectivity index (χ2v) is 7.17. The van der Waals surface area contributed by atoms with Crippen LogP contribution in [0.2, 0.25) is 0 Å². The molecule has 3 N–H and O–H groups in total. The number of alkyl halides is 3. The van der Waals surface area contributed by atoms with Gasteiger partial charge in [0.15, 0.2) is 5.82 Å². The van der Waals surface area contributed by atoms with Gasteiger partial charge in [-0.25, -0.2) is 4.39 Å². The molecule has 1 amide bonds. The molecule has 10 heteroatoms. The lowest BCUT2D eigenvalue weighted by molar-refractivity contribution is -0.112. The summed E-state index contributed by atoms with van der Waals surface area (Å²) in [5.41, 5.74) is 5.35. The molecule has 3 rings (SSSR count). The molecular formula is C18H18F4N4OS. The first-order valence-corrected chi connectivity index (χ1v) is 9.59. The zero-order chi connectivity index (χ0) is 20.6. The molecule has 1 aromatic carbocycles. The Morgan fingerprint density at radius 2 is 2.07 bits per heavy atom. The molecule has 1 heterocycles. The smallest absolute Gasteiger partial charge is 0.395 e. The summed E-state index contributed by atoms with van der Waals surface area (Å²) in [5, 5.41) is 2.59. The number of anilines is 1. The Labute approximate surface area is 163 Å². The van der Waals surface area contributed by atoms with Crippen molar-refractivity contribution in [2.45, 2.75) is 25.9 Å². The maximum Gasteiger partial charge on any atom is 0.430 e. The van der Waals surface area contributed by atoms with Crippen LogP contribution in [-0.2, 0) is 4.79 Å². The van der Waals surface area contributed by atoms with Crippen LogP contribution in [0.25, 0.3) is 0 Å². The lowest BCUT2D eigenvalue weighted by atomic mass is 10.2. The van der Waals surface area contributed by atoms with Crippen LogP contribution in [0.1, 0.15) is 19.8 Å². The summed E-state index contributed by atoms with van der Waals surface area (Å²) < 4.78 is 54.1. The van der Waals surface area contributed by atoms with Gasteiger partial charge in [-0.1, -0.05) is 0 Å². The number of nitrogens with zero attached hydrogens (tertiary/aromatic N) is 2. The Bertz CT molecular complexity index is 903. The Morgan fingerprint density at radius 3 is 2.57 bits per heavy atom. The van der Waals surface area contributed by atoms with Gasteiger partial charge in [0.05, 0.1) is 11.4 Å². The van der Waals surface area contributed by atoms with E-state index in [1.54, 1.807) is 11.2 Å². The molecule has 1 saturated carbocycles. The normalized spacial score (nSPS) is 17.9. The number of rotatable bonds is 6. The van der Waals surface area contributed by atoms with Crippen molar-refractivity contribution >= 4 is 34.9 Å². The summed E-state index contributed by atoms with van der Waals surface area (Å²) in [4.78, 5) is 16.2. The SMILES string of the molecule is CSN1C(C)=C1C(=O)Nc1ccc(N=C(C=C(N)C(F)(F)F)C2CC2)c(F)c1. The average molecular weight is 414 g/mol. The Kier molecular flexibility index (Phi) is 5.42. The van der Waals surface area contributed by atoms with Crippen molar-refractivity contribution in [1.82, 2.24) is 4.31 Å². The average Bonchev–Trinajstić information content (AvgIpc) is 3.51. The zero-order valence-corrected chi connectivity index (χ0v) is 15.9. The maximum atomic E-state index is 14.4. The lowest BCUT2D eigenvalue weighted by Gasteiger charge is -2.09. The van der Waals surface area contributed by atoms with Crippen molar-refractivity contribution in [2.24, 2.45) is 16.6 Å². The Balaban J connectivity index is 1.78. The fourth-order valence-electron chi connectivity index (χ4n) is 2.58. The highest BCUT2D eigenvalue weighted by atomic mass is 32.2. The van der Waals surface area contributed by atoms with E-state index < -0.39 is 17.7 Å². The number of nitrogens with one attached hydrogen (secondary N) is 1. The second kappa shape index (κ2) is 7.50. The highest BCUT2D eigenvalue weighted by Crippen LogP contribution is 2.38. The van der Waals surface area contributed by atoms with Crippen LogP contribution in [0.15, 0.2) is 46.4 Å². The van der Waals surface area contributed by atoms with Gasteiger partial charge in [-0.05, 0) is 56.0 Å². The number of aliphatic imine (C=N–C) groups is 1. The lowest BCUT2D eigenvalue weighted by Crippen LogP contribution is -2.21. The van der Waals surface area contributed by atoms with Gasteiger partial charge in [-0.3, -0.25) is 14.1 Å². The molecule has 1 fully saturated rings. The molecule has 1 aromatic rings. The number of allylic oxidation sites excluding steroid dienone is 3. The van der Waals surface area contributed by atoms with E-state index >= 15 is 0 Å². The molecule has 150 valence electrons. The van der Waals surface area contributed by atoms with Crippen LogP contribution in [0, 0.1) is 11.7 Å². The predicted octanol–water partition coefficient (Wildman–Crippen LogP) is 4.48. The summed E-state index contributed by atoms with van der Waals surface area (Å²) in [6, 6.07) is 3.84. The van der Waals surface area contributed by atoms with Gasteiger partial charge in [0, 0.05) is 23.6 Å². The summed E-state index contributed by atoms with van der Waals surface area (Å²) in [7, 11) is 0. The third-order valence-corrected chi connectivity index (χ3v) is 5.10. The predicted molar refractivity (Wildman–Crippen MR) is 101 cm³/mol. The number of benzene rings is 1. The molecule has 0 radical (unpaired) electrons. The number of hydrogen-bond donors (Lipinski definition) is 2. The van der Waals surface area contributed by atoms with E-state index in [9.17, 15) is 22.4 Å². The van der Waals surface area contributed by atoms with E-state index in [0.29, 0.717) is 18.5 Å². The van der Waals surface area contributed by atoms with Crippen molar-refractivity contribution in [3.8, 4) is 0 Å². The molecule has 28 heavy (non-hydrogen) atoms. The van der Waals surface area contributed by atoms with Crippen molar-refractivity contribution in [1.29, 1.82) is 0 Å². The van der Waals surface area contributed by atoms with Crippen molar-refractivity contribution < 1.29 is 22.4 Å². The summed E-state index contributed by atoms with van der Waals surface area (Å²) in [6.07, 6.45) is -0.726. The van der Waals surface area contributed by atoms with Gasteiger partial charge in [0.2, 0.25) is 0 Å². The second-order valence-electron chi connectivity index (χ2n) is 6.44. The number of hydrogen-bond acceptors (Lipinski definition) is 5. The molecule has 0 bridgehead atoms.